The fraction of sp³-hybridized carbons (Fsp3) is 1.00. The normalized spacial score (nSPS) is 32.6. The minimum Gasteiger partial charge on any atom is -0.314 e. The molecule has 3 atom stereocenters. The third-order valence-electron chi connectivity index (χ3n) is 4.51. The molecule has 1 aliphatic carbocycles. The van der Waals surface area contributed by atoms with Gasteiger partial charge < -0.3 is 10.2 Å². The van der Waals surface area contributed by atoms with Gasteiger partial charge in [-0.05, 0) is 64.6 Å². The summed E-state index contributed by atoms with van der Waals surface area (Å²) in [4.78, 5) is 2.79. The van der Waals surface area contributed by atoms with E-state index in [1.807, 2.05) is 0 Å². The van der Waals surface area contributed by atoms with Gasteiger partial charge in [0.15, 0.2) is 0 Å². The predicted molar refractivity (Wildman–Crippen MR) is 69.7 cm³/mol. The van der Waals surface area contributed by atoms with E-state index >= 15 is 0 Å². The lowest BCUT2D eigenvalue weighted by molar-refractivity contribution is 0.109. The van der Waals surface area contributed by atoms with Crippen LogP contribution in [0.5, 0.6) is 0 Å². The lowest BCUT2D eigenvalue weighted by Gasteiger charge is -2.38. The highest BCUT2D eigenvalue weighted by Crippen LogP contribution is 2.36. The summed E-state index contributed by atoms with van der Waals surface area (Å²) in [5, 5.41) is 3.52. The first-order valence-corrected chi connectivity index (χ1v) is 7.28. The largest absolute Gasteiger partial charge is 0.314 e. The van der Waals surface area contributed by atoms with Crippen LogP contribution in [0.25, 0.3) is 0 Å². The Hall–Kier alpha value is -0.0800. The summed E-state index contributed by atoms with van der Waals surface area (Å²) < 4.78 is 0. The van der Waals surface area contributed by atoms with Gasteiger partial charge in [-0.15, -0.1) is 0 Å². The molecule has 2 heteroatoms. The molecule has 2 fully saturated rings. The van der Waals surface area contributed by atoms with Gasteiger partial charge in [0.1, 0.15) is 0 Å². The van der Waals surface area contributed by atoms with Crippen LogP contribution in [0.2, 0.25) is 0 Å². The van der Waals surface area contributed by atoms with E-state index in [-0.39, 0.29) is 0 Å². The van der Waals surface area contributed by atoms with Crippen LogP contribution in [0.15, 0.2) is 0 Å². The maximum absolute atomic E-state index is 3.52. The minimum absolute atomic E-state index is 0.687. The molecule has 1 saturated carbocycles. The first-order valence-electron chi connectivity index (χ1n) is 7.28. The molecule has 3 unspecified atom stereocenters. The van der Waals surface area contributed by atoms with Crippen LogP contribution in [0.4, 0.5) is 0 Å². The zero-order chi connectivity index (χ0) is 11.4. The lowest BCUT2D eigenvalue weighted by atomic mass is 9.92. The Morgan fingerprint density at radius 3 is 2.88 bits per heavy atom. The molecule has 2 aliphatic rings. The van der Waals surface area contributed by atoms with Crippen LogP contribution >= 0.6 is 0 Å². The Kier molecular flexibility index (Phi) is 4.66. The van der Waals surface area contributed by atoms with Gasteiger partial charge in [0.25, 0.3) is 0 Å². The van der Waals surface area contributed by atoms with Gasteiger partial charge in [0.05, 0.1) is 0 Å². The van der Waals surface area contributed by atoms with E-state index in [9.17, 15) is 0 Å². The molecule has 1 saturated heterocycles. The molecule has 0 aromatic carbocycles. The summed E-state index contributed by atoms with van der Waals surface area (Å²) in [6.07, 6.45) is 8.72. The number of likely N-dealkylation sites (tertiary alicyclic amines) is 1. The average Bonchev–Trinajstić information content (AvgIpc) is 2.75. The second kappa shape index (κ2) is 6.02. The highest BCUT2D eigenvalue weighted by atomic mass is 15.2. The van der Waals surface area contributed by atoms with E-state index < -0.39 is 0 Å². The molecule has 2 rings (SSSR count). The topological polar surface area (TPSA) is 15.3 Å². The molecule has 1 heterocycles. The number of hydrogen-bond acceptors (Lipinski definition) is 2. The van der Waals surface area contributed by atoms with Crippen molar-refractivity contribution in [3.8, 4) is 0 Å². The standard InChI is InChI=1S/C14H28N2/c1-3-15-12(2)9-11-16-10-5-7-13-6-4-8-14(13)16/h12-15H,3-11H2,1-2H3. The van der Waals surface area contributed by atoms with Gasteiger partial charge >= 0.3 is 0 Å². The summed E-state index contributed by atoms with van der Waals surface area (Å²) in [7, 11) is 0. The van der Waals surface area contributed by atoms with Crippen LogP contribution in [0, 0.1) is 5.92 Å². The molecule has 0 aromatic heterocycles. The van der Waals surface area contributed by atoms with Crippen LogP contribution in [0.3, 0.4) is 0 Å². The quantitative estimate of drug-likeness (QED) is 0.772. The van der Waals surface area contributed by atoms with Crippen molar-refractivity contribution >= 4 is 0 Å². The first-order chi connectivity index (χ1) is 7.81. The van der Waals surface area contributed by atoms with Crippen molar-refractivity contribution in [1.29, 1.82) is 0 Å². The number of piperidine rings is 1. The third kappa shape index (κ3) is 2.98. The lowest BCUT2D eigenvalue weighted by Crippen LogP contribution is -2.44. The average molecular weight is 224 g/mol. The Balaban J connectivity index is 1.75. The van der Waals surface area contributed by atoms with E-state index in [0.717, 1.165) is 18.5 Å². The van der Waals surface area contributed by atoms with E-state index in [0.29, 0.717) is 6.04 Å². The number of nitrogens with one attached hydrogen (secondary N) is 1. The fourth-order valence-electron chi connectivity index (χ4n) is 3.64. The van der Waals surface area contributed by atoms with Crippen molar-refractivity contribution in [2.24, 2.45) is 5.92 Å². The number of hydrogen-bond donors (Lipinski definition) is 1. The number of fused-ring (bicyclic) bond motifs is 1. The smallest absolute Gasteiger partial charge is 0.0123 e. The van der Waals surface area contributed by atoms with Gasteiger partial charge in [0, 0.05) is 12.1 Å². The highest BCUT2D eigenvalue weighted by molar-refractivity contribution is 4.89. The first kappa shape index (κ1) is 12.4. The Morgan fingerprint density at radius 2 is 2.06 bits per heavy atom. The maximum Gasteiger partial charge on any atom is 0.0123 e. The van der Waals surface area contributed by atoms with E-state index in [1.165, 1.54) is 51.6 Å². The summed E-state index contributed by atoms with van der Waals surface area (Å²) in [6.45, 7) is 8.30. The molecule has 0 aromatic rings. The zero-order valence-corrected chi connectivity index (χ0v) is 11.0. The summed E-state index contributed by atoms with van der Waals surface area (Å²) in [5.74, 6) is 1.04. The summed E-state index contributed by atoms with van der Waals surface area (Å²) in [6, 6.07) is 1.63. The summed E-state index contributed by atoms with van der Waals surface area (Å²) in [5.41, 5.74) is 0. The zero-order valence-electron chi connectivity index (χ0n) is 11.0. The van der Waals surface area contributed by atoms with Crippen molar-refractivity contribution in [3.63, 3.8) is 0 Å². The molecule has 0 bridgehead atoms. The molecule has 16 heavy (non-hydrogen) atoms. The SMILES string of the molecule is CCNC(C)CCN1CCCC2CCCC21. The minimum atomic E-state index is 0.687. The van der Waals surface area contributed by atoms with Crippen molar-refractivity contribution in [2.75, 3.05) is 19.6 Å². The number of nitrogens with zero attached hydrogens (tertiary/aromatic N) is 1. The van der Waals surface area contributed by atoms with E-state index in [1.54, 1.807) is 0 Å². The summed E-state index contributed by atoms with van der Waals surface area (Å²) >= 11 is 0. The van der Waals surface area contributed by atoms with Crippen LogP contribution < -0.4 is 5.32 Å². The second-order valence-electron chi connectivity index (χ2n) is 5.68. The van der Waals surface area contributed by atoms with Gasteiger partial charge in [-0.2, -0.15) is 0 Å². The third-order valence-corrected chi connectivity index (χ3v) is 4.51. The van der Waals surface area contributed by atoms with Crippen LogP contribution in [-0.2, 0) is 0 Å². The van der Waals surface area contributed by atoms with Gasteiger partial charge in [-0.25, -0.2) is 0 Å². The monoisotopic (exact) mass is 224 g/mol. The van der Waals surface area contributed by atoms with Gasteiger partial charge in [0.2, 0.25) is 0 Å². The Morgan fingerprint density at radius 1 is 1.25 bits per heavy atom. The van der Waals surface area contributed by atoms with Gasteiger partial charge in [-0.3, -0.25) is 0 Å². The molecular formula is C14H28N2. The van der Waals surface area contributed by atoms with Crippen molar-refractivity contribution in [3.05, 3.63) is 0 Å². The van der Waals surface area contributed by atoms with E-state index in [4.69, 9.17) is 0 Å². The molecule has 94 valence electrons. The van der Waals surface area contributed by atoms with Gasteiger partial charge in [-0.1, -0.05) is 13.3 Å². The molecule has 0 amide bonds. The molecule has 0 spiro atoms. The molecule has 2 nitrogen and oxygen atoms in total. The molecule has 0 radical (unpaired) electrons. The number of rotatable bonds is 5. The molecule has 1 N–H and O–H groups in total. The second-order valence-corrected chi connectivity index (χ2v) is 5.68. The molecule has 1 aliphatic heterocycles. The van der Waals surface area contributed by atoms with Crippen LogP contribution in [-0.4, -0.2) is 36.6 Å². The van der Waals surface area contributed by atoms with Crippen molar-refractivity contribution < 1.29 is 0 Å². The van der Waals surface area contributed by atoms with Crippen molar-refractivity contribution in [1.82, 2.24) is 10.2 Å². The van der Waals surface area contributed by atoms with Crippen LogP contribution in [0.1, 0.15) is 52.4 Å². The Bertz CT molecular complexity index is 205. The van der Waals surface area contributed by atoms with Crippen molar-refractivity contribution in [2.45, 2.75) is 64.5 Å². The highest BCUT2D eigenvalue weighted by Gasteiger charge is 2.34. The molecular weight excluding hydrogens is 196 g/mol. The van der Waals surface area contributed by atoms with E-state index in [2.05, 4.69) is 24.1 Å². The fourth-order valence-corrected chi connectivity index (χ4v) is 3.64. The Labute approximate surface area is 101 Å². The predicted octanol–water partition coefficient (Wildman–Crippen LogP) is 2.64. The maximum atomic E-state index is 3.52.